The molecular weight excluding hydrogens is 1050 g/mol. The number of ether oxygens (including phenoxy) is 8. The summed E-state index contributed by atoms with van der Waals surface area (Å²) >= 11 is 0. The molecule has 84 heavy (non-hydrogen) atoms. The largest absolute Gasteiger partial charge is 0.381 e. The predicted molar refractivity (Wildman–Crippen MR) is 333 cm³/mol. The van der Waals surface area contributed by atoms with E-state index in [0.717, 1.165) is 44.5 Å². The molecule has 0 aromatic heterocycles. The first-order valence-corrected chi connectivity index (χ1v) is 28.4. The van der Waals surface area contributed by atoms with Crippen LogP contribution in [-0.2, 0) is 90.7 Å². The molecule has 8 rings (SSSR count). The Hall–Kier alpha value is -7.68. The first kappa shape index (κ1) is 63.9. The van der Waals surface area contributed by atoms with Crippen molar-refractivity contribution in [3.8, 4) is 0 Å². The Balaban J connectivity index is 0.000000241. The molecule has 8 aromatic carbocycles. The van der Waals surface area contributed by atoms with Crippen molar-refractivity contribution in [3.05, 3.63) is 338 Å². The Bertz CT molecular complexity index is 2840. The van der Waals surface area contributed by atoms with Crippen LogP contribution in [0.15, 0.2) is 293 Å². The van der Waals surface area contributed by atoms with E-state index >= 15 is 0 Å². The second-order valence-corrected chi connectivity index (χ2v) is 20.3. The molecule has 0 radical (unpaired) electrons. The second kappa shape index (κ2) is 35.5. The highest BCUT2D eigenvalue weighted by atomic mass is 16.6. The fourth-order valence-corrected chi connectivity index (χ4v) is 9.27. The number of rotatable bonds is 36. The first-order chi connectivity index (χ1) is 41.2. The molecule has 0 fully saturated rings. The molecule has 436 valence electrons. The quantitative estimate of drug-likeness (QED) is 0.0368. The van der Waals surface area contributed by atoms with Crippen molar-refractivity contribution in [1.82, 2.24) is 0 Å². The normalized spacial score (nSPS) is 14.8. The third-order valence-electron chi connectivity index (χ3n) is 14.0. The molecule has 0 saturated carbocycles. The zero-order chi connectivity index (χ0) is 58.9. The first-order valence-electron chi connectivity index (χ1n) is 28.4. The topological polar surface area (TPSA) is 114 Å². The SMILES string of the molecule is C=C[C@@H](OCc1ccccc1)[C@@H](OCc1ccccc1)[C@H](OCc1ccccc1)C(O)(C=C)COCc1ccccc1.C=C[C@@H](OCc1ccccc1)[C@@H](OCc1ccccc1)[C@H](OCc1ccccc1)C(O)(C=C)COCc1ccccc1. The molecule has 0 spiro atoms. The minimum Gasteiger partial charge on any atom is -0.381 e. The van der Waals surface area contributed by atoms with E-state index in [9.17, 15) is 10.2 Å². The van der Waals surface area contributed by atoms with E-state index in [0.29, 0.717) is 26.4 Å². The van der Waals surface area contributed by atoms with Gasteiger partial charge < -0.3 is 48.1 Å². The fraction of sp³-hybridized carbons (Fsp3) is 0.243. The molecule has 0 saturated heterocycles. The minimum absolute atomic E-state index is 0.0569. The Morgan fingerprint density at radius 3 is 0.702 bits per heavy atom. The van der Waals surface area contributed by atoms with Gasteiger partial charge in [0.05, 0.1) is 66.1 Å². The highest BCUT2D eigenvalue weighted by molar-refractivity contribution is 5.21. The highest BCUT2D eigenvalue weighted by Gasteiger charge is 2.46. The molecule has 0 amide bonds. The van der Waals surface area contributed by atoms with Crippen LogP contribution in [0.1, 0.15) is 44.5 Å². The smallest absolute Gasteiger partial charge is 0.134 e. The molecule has 10 nitrogen and oxygen atoms in total. The standard InChI is InChI=1S/2C37H40O5/c2*1-3-34(40-26-31-19-11-6-12-20-31)35(41-27-32-21-13-7-14-22-32)36(42-28-33-23-15-8-16-24-33)37(38,4-2)29-39-25-30-17-9-5-10-18-30/h2*3-24,34-36,38H,1-2,25-29H2/t2*34-,35-,36+,37?/m11/s1. The molecule has 8 aromatic rings. The van der Waals surface area contributed by atoms with Gasteiger partial charge in [0.1, 0.15) is 47.8 Å². The Labute approximate surface area is 497 Å². The van der Waals surface area contributed by atoms with Crippen molar-refractivity contribution in [3.63, 3.8) is 0 Å². The van der Waals surface area contributed by atoms with Crippen LogP contribution in [0.3, 0.4) is 0 Å². The summed E-state index contributed by atoms with van der Waals surface area (Å²) in [5, 5.41) is 24.2. The Morgan fingerprint density at radius 2 is 0.488 bits per heavy atom. The van der Waals surface area contributed by atoms with Crippen molar-refractivity contribution >= 4 is 0 Å². The summed E-state index contributed by atoms with van der Waals surface area (Å²) in [6.07, 6.45) is 1.80. The van der Waals surface area contributed by atoms with Crippen molar-refractivity contribution in [2.45, 2.75) is 101 Å². The van der Waals surface area contributed by atoms with Crippen LogP contribution in [0.25, 0.3) is 0 Å². The Kier molecular flexibility index (Phi) is 27.0. The average molecular weight is 1130 g/mol. The number of hydrogen-bond donors (Lipinski definition) is 2. The van der Waals surface area contributed by atoms with Crippen LogP contribution in [0.5, 0.6) is 0 Å². The molecule has 0 aliphatic carbocycles. The van der Waals surface area contributed by atoms with E-state index < -0.39 is 47.8 Å². The maximum absolute atomic E-state index is 12.1. The molecule has 2 N–H and O–H groups in total. The minimum atomic E-state index is -1.61. The summed E-state index contributed by atoms with van der Waals surface area (Å²) in [4.78, 5) is 0. The summed E-state index contributed by atoms with van der Waals surface area (Å²) in [5.74, 6) is 0. The van der Waals surface area contributed by atoms with Crippen molar-refractivity contribution in [1.29, 1.82) is 0 Å². The van der Waals surface area contributed by atoms with Crippen molar-refractivity contribution < 1.29 is 48.1 Å². The molecule has 0 heterocycles. The van der Waals surface area contributed by atoms with Crippen LogP contribution in [0.4, 0.5) is 0 Å². The zero-order valence-electron chi connectivity index (χ0n) is 47.9. The van der Waals surface area contributed by atoms with E-state index in [1.165, 1.54) is 12.2 Å². The maximum Gasteiger partial charge on any atom is 0.134 e. The van der Waals surface area contributed by atoms with Crippen LogP contribution in [0, 0.1) is 0 Å². The molecule has 0 aliphatic rings. The second-order valence-electron chi connectivity index (χ2n) is 20.3. The lowest BCUT2D eigenvalue weighted by atomic mass is 9.90. The van der Waals surface area contributed by atoms with Crippen molar-refractivity contribution in [2.75, 3.05) is 13.2 Å². The molecule has 2 unspecified atom stereocenters. The lowest BCUT2D eigenvalue weighted by molar-refractivity contribution is -0.202. The van der Waals surface area contributed by atoms with E-state index in [4.69, 9.17) is 37.9 Å². The lowest BCUT2D eigenvalue weighted by Crippen LogP contribution is -2.56. The molecule has 0 bridgehead atoms. The van der Waals surface area contributed by atoms with Gasteiger partial charge >= 0.3 is 0 Å². The summed E-state index contributed by atoms with van der Waals surface area (Å²) < 4.78 is 50.9. The third-order valence-corrected chi connectivity index (χ3v) is 14.0. The van der Waals surface area contributed by atoms with Gasteiger partial charge in [-0.2, -0.15) is 0 Å². The van der Waals surface area contributed by atoms with Gasteiger partial charge in [0.2, 0.25) is 0 Å². The predicted octanol–water partition coefficient (Wildman–Crippen LogP) is 14.1. The number of aliphatic hydroxyl groups is 2. The van der Waals surface area contributed by atoms with Gasteiger partial charge in [-0.05, 0) is 44.5 Å². The maximum atomic E-state index is 12.1. The molecular formula is C74H80O10. The van der Waals surface area contributed by atoms with Crippen molar-refractivity contribution in [2.24, 2.45) is 0 Å². The van der Waals surface area contributed by atoms with Gasteiger partial charge in [0.15, 0.2) is 0 Å². The van der Waals surface area contributed by atoms with Gasteiger partial charge in [0, 0.05) is 0 Å². The average Bonchev–Trinajstić information content (AvgIpc) is 3.61. The van der Waals surface area contributed by atoms with Crippen LogP contribution < -0.4 is 0 Å². The zero-order valence-corrected chi connectivity index (χ0v) is 47.9. The van der Waals surface area contributed by atoms with E-state index in [2.05, 4.69) is 26.3 Å². The third kappa shape index (κ3) is 20.9. The lowest BCUT2D eigenvalue weighted by Gasteiger charge is -2.40. The van der Waals surface area contributed by atoms with Gasteiger partial charge in [-0.25, -0.2) is 0 Å². The van der Waals surface area contributed by atoms with E-state index in [-0.39, 0.29) is 39.6 Å². The Morgan fingerprint density at radius 1 is 0.286 bits per heavy atom. The number of benzene rings is 8. The van der Waals surface area contributed by atoms with Gasteiger partial charge in [-0.15, -0.1) is 26.3 Å². The van der Waals surface area contributed by atoms with Crippen LogP contribution in [0.2, 0.25) is 0 Å². The van der Waals surface area contributed by atoms with Crippen LogP contribution in [-0.4, -0.2) is 71.3 Å². The molecule has 8 atom stereocenters. The highest BCUT2D eigenvalue weighted by Crippen LogP contribution is 2.31. The van der Waals surface area contributed by atoms with E-state index in [1.807, 2.05) is 243 Å². The molecule has 10 heteroatoms. The van der Waals surface area contributed by atoms with Gasteiger partial charge in [-0.3, -0.25) is 0 Å². The summed E-state index contributed by atoms with van der Waals surface area (Å²) in [6, 6.07) is 78.8. The summed E-state index contributed by atoms with van der Waals surface area (Å²) in [6.45, 7) is 18.4. The van der Waals surface area contributed by atoms with Crippen LogP contribution >= 0.6 is 0 Å². The molecule has 0 aliphatic heterocycles. The van der Waals surface area contributed by atoms with Gasteiger partial charge in [-0.1, -0.05) is 267 Å². The number of hydrogen-bond acceptors (Lipinski definition) is 10. The van der Waals surface area contributed by atoms with Gasteiger partial charge in [0.25, 0.3) is 0 Å². The monoisotopic (exact) mass is 1130 g/mol. The fourth-order valence-electron chi connectivity index (χ4n) is 9.27. The summed E-state index contributed by atoms with van der Waals surface area (Å²) in [7, 11) is 0. The van der Waals surface area contributed by atoms with E-state index in [1.54, 1.807) is 12.2 Å². The summed E-state index contributed by atoms with van der Waals surface area (Å²) in [5.41, 5.74) is 4.69.